The Morgan fingerprint density at radius 2 is 2.50 bits per heavy atom. The van der Waals surface area contributed by atoms with Gasteiger partial charge in [0.15, 0.2) is 0 Å². The molecule has 0 atom stereocenters. The molecule has 0 spiro atoms. The van der Waals surface area contributed by atoms with Gasteiger partial charge in [-0.05, 0) is 12.1 Å². The zero-order valence-corrected chi connectivity index (χ0v) is 6.56. The van der Waals surface area contributed by atoms with E-state index in [4.69, 9.17) is 5.26 Å². The minimum Gasteiger partial charge on any atom is -0.398 e. The first-order valence-corrected chi connectivity index (χ1v) is 3.31. The molecule has 0 saturated heterocycles. The molecular weight excluding hydrogens is 154 g/mol. The van der Waals surface area contributed by atoms with Gasteiger partial charge in [-0.1, -0.05) is 11.2 Å². The number of hydrogen-bond donors (Lipinski definition) is 0. The van der Waals surface area contributed by atoms with Crippen LogP contribution in [-0.2, 0) is 4.84 Å². The van der Waals surface area contributed by atoms with E-state index in [0.717, 1.165) is 0 Å². The largest absolute Gasteiger partial charge is 0.398 e. The van der Waals surface area contributed by atoms with Crippen molar-refractivity contribution in [3.63, 3.8) is 0 Å². The van der Waals surface area contributed by atoms with Crippen molar-refractivity contribution in [1.29, 1.82) is 5.26 Å². The Hall–Kier alpha value is -1.89. The summed E-state index contributed by atoms with van der Waals surface area (Å²) >= 11 is 0. The molecule has 1 aromatic rings. The standard InChI is InChI=1S/C8H7N3O/c1-12-11-8(6-9)7-4-2-3-5-10-7/h2-5H,1H3. The molecule has 0 amide bonds. The second-order valence-electron chi connectivity index (χ2n) is 1.95. The summed E-state index contributed by atoms with van der Waals surface area (Å²) < 4.78 is 0. The molecule has 60 valence electrons. The van der Waals surface area contributed by atoms with Gasteiger partial charge in [0.25, 0.3) is 0 Å². The molecular formula is C8H7N3O. The molecule has 0 aromatic carbocycles. The molecule has 1 rings (SSSR count). The summed E-state index contributed by atoms with van der Waals surface area (Å²) in [5, 5.41) is 12.1. The fourth-order valence-corrected chi connectivity index (χ4v) is 0.719. The molecule has 0 radical (unpaired) electrons. The van der Waals surface area contributed by atoms with Gasteiger partial charge >= 0.3 is 0 Å². The van der Waals surface area contributed by atoms with Crippen LogP contribution in [0.5, 0.6) is 0 Å². The first kappa shape index (κ1) is 8.21. The number of nitrogens with zero attached hydrogens (tertiary/aromatic N) is 3. The highest BCUT2D eigenvalue weighted by Crippen LogP contribution is 1.95. The number of hydrogen-bond acceptors (Lipinski definition) is 4. The van der Waals surface area contributed by atoms with Crippen LogP contribution in [-0.4, -0.2) is 17.8 Å². The summed E-state index contributed by atoms with van der Waals surface area (Å²) in [6.45, 7) is 0. The topological polar surface area (TPSA) is 58.3 Å². The van der Waals surface area contributed by atoms with Crippen LogP contribution >= 0.6 is 0 Å². The minimum atomic E-state index is 0.179. The maximum absolute atomic E-state index is 8.61. The van der Waals surface area contributed by atoms with Gasteiger partial charge in [0, 0.05) is 6.20 Å². The quantitative estimate of drug-likeness (QED) is 0.479. The monoisotopic (exact) mass is 161 g/mol. The number of aromatic nitrogens is 1. The Bertz CT molecular complexity index is 313. The fourth-order valence-electron chi connectivity index (χ4n) is 0.719. The maximum atomic E-state index is 8.61. The smallest absolute Gasteiger partial charge is 0.205 e. The van der Waals surface area contributed by atoms with Crippen molar-refractivity contribution in [1.82, 2.24) is 4.98 Å². The van der Waals surface area contributed by atoms with Gasteiger partial charge in [-0.25, -0.2) is 0 Å². The molecule has 12 heavy (non-hydrogen) atoms. The third-order valence-corrected chi connectivity index (χ3v) is 1.20. The van der Waals surface area contributed by atoms with Crippen LogP contribution in [0.15, 0.2) is 29.6 Å². The van der Waals surface area contributed by atoms with Crippen LogP contribution < -0.4 is 0 Å². The molecule has 4 heteroatoms. The molecule has 0 aliphatic rings. The average molecular weight is 161 g/mol. The number of nitriles is 1. The van der Waals surface area contributed by atoms with Crippen molar-refractivity contribution in [3.05, 3.63) is 30.1 Å². The highest BCUT2D eigenvalue weighted by Gasteiger charge is 2.01. The molecule has 0 N–H and O–H groups in total. The third-order valence-electron chi connectivity index (χ3n) is 1.20. The summed E-state index contributed by atoms with van der Waals surface area (Å²) in [5.41, 5.74) is 0.694. The average Bonchev–Trinajstić information content (AvgIpc) is 2.15. The van der Waals surface area contributed by atoms with Crippen LogP contribution in [0, 0.1) is 11.3 Å². The predicted octanol–water partition coefficient (Wildman–Crippen LogP) is 0.956. The van der Waals surface area contributed by atoms with E-state index in [1.807, 2.05) is 6.07 Å². The molecule has 0 aliphatic carbocycles. The predicted molar refractivity (Wildman–Crippen MR) is 43.4 cm³/mol. The van der Waals surface area contributed by atoms with Crippen molar-refractivity contribution in [2.24, 2.45) is 5.16 Å². The van der Waals surface area contributed by atoms with Crippen molar-refractivity contribution in [3.8, 4) is 6.07 Å². The van der Waals surface area contributed by atoms with E-state index in [0.29, 0.717) is 5.69 Å². The third kappa shape index (κ3) is 1.80. The highest BCUT2D eigenvalue weighted by atomic mass is 16.6. The molecule has 0 bridgehead atoms. The molecule has 0 saturated carbocycles. The van der Waals surface area contributed by atoms with Gasteiger partial charge in [-0.2, -0.15) is 5.26 Å². The van der Waals surface area contributed by atoms with Gasteiger partial charge < -0.3 is 4.84 Å². The normalized spacial score (nSPS) is 10.5. The lowest BCUT2D eigenvalue weighted by Crippen LogP contribution is -2.00. The number of rotatable bonds is 2. The minimum absolute atomic E-state index is 0.179. The Kier molecular flexibility index (Phi) is 2.79. The van der Waals surface area contributed by atoms with Gasteiger partial charge in [0.2, 0.25) is 5.71 Å². The first-order valence-electron chi connectivity index (χ1n) is 3.31. The van der Waals surface area contributed by atoms with Crippen LogP contribution in [0.3, 0.4) is 0 Å². The van der Waals surface area contributed by atoms with E-state index in [1.54, 1.807) is 24.4 Å². The molecule has 1 aromatic heterocycles. The van der Waals surface area contributed by atoms with Crippen molar-refractivity contribution < 1.29 is 4.84 Å². The van der Waals surface area contributed by atoms with Crippen molar-refractivity contribution in [2.45, 2.75) is 0 Å². The van der Waals surface area contributed by atoms with Gasteiger partial charge in [0.1, 0.15) is 18.9 Å². The second kappa shape index (κ2) is 4.09. The Balaban J connectivity index is 2.98. The van der Waals surface area contributed by atoms with E-state index < -0.39 is 0 Å². The molecule has 1 heterocycles. The van der Waals surface area contributed by atoms with Crippen molar-refractivity contribution in [2.75, 3.05) is 7.11 Å². The van der Waals surface area contributed by atoms with Crippen LogP contribution in [0.2, 0.25) is 0 Å². The summed E-state index contributed by atoms with van der Waals surface area (Å²) in [4.78, 5) is 8.41. The lowest BCUT2D eigenvalue weighted by atomic mass is 10.2. The number of pyridine rings is 1. The SMILES string of the molecule is CON=C(C#N)c1ccccn1. The van der Waals surface area contributed by atoms with Gasteiger partial charge in [-0.15, -0.1) is 0 Å². The molecule has 4 nitrogen and oxygen atoms in total. The Morgan fingerprint density at radius 1 is 1.67 bits per heavy atom. The lowest BCUT2D eigenvalue weighted by Gasteiger charge is -1.93. The van der Waals surface area contributed by atoms with Crippen LogP contribution in [0.25, 0.3) is 0 Å². The second-order valence-corrected chi connectivity index (χ2v) is 1.95. The van der Waals surface area contributed by atoms with Crippen LogP contribution in [0.1, 0.15) is 5.69 Å². The summed E-state index contributed by atoms with van der Waals surface area (Å²) in [7, 11) is 1.39. The van der Waals surface area contributed by atoms with E-state index in [9.17, 15) is 0 Å². The zero-order valence-electron chi connectivity index (χ0n) is 6.56. The van der Waals surface area contributed by atoms with E-state index in [1.165, 1.54) is 7.11 Å². The highest BCUT2D eigenvalue weighted by molar-refractivity contribution is 6.09. The van der Waals surface area contributed by atoms with Gasteiger partial charge in [0.05, 0.1) is 0 Å². The van der Waals surface area contributed by atoms with E-state index >= 15 is 0 Å². The summed E-state index contributed by atoms with van der Waals surface area (Å²) in [5.74, 6) is 0. The molecule has 0 aliphatic heterocycles. The first-order chi connectivity index (χ1) is 5.88. The lowest BCUT2D eigenvalue weighted by molar-refractivity contribution is 0.214. The van der Waals surface area contributed by atoms with Gasteiger partial charge in [-0.3, -0.25) is 4.98 Å². The molecule has 0 fully saturated rings. The Labute approximate surface area is 70.1 Å². The van der Waals surface area contributed by atoms with E-state index in [2.05, 4.69) is 15.0 Å². The van der Waals surface area contributed by atoms with Crippen molar-refractivity contribution >= 4 is 5.71 Å². The Morgan fingerprint density at radius 3 is 3.00 bits per heavy atom. The number of oxime groups is 1. The maximum Gasteiger partial charge on any atom is 0.205 e. The fraction of sp³-hybridized carbons (Fsp3) is 0.125. The summed E-state index contributed by atoms with van der Waals surface area (Å²) in [6, 6.07) is 7.13. The zero-order chi connectivity index (χ0) is 8.81. The van der Waals surface area contributed by atoms with Crippen LogP contribution in [0.4, 0.5) is 0 Å². The summed E-state index contributed by atoms with van der Waals surface area (Å²) in [6.07, 6.45) is 1.60. The van der Waals surface area contributed by atoms with E-state index in [-0.39, 0.29) is 5.71 Å². The molecule has 0 unspecified atom stereocenters.